The Morgan fingerprint density at radius 2 is 1.88 bits per heavy atom. The summed E-state index contributed by atoms with van der Waals surface area (Å²) in [6.45, 7) is 2.40. The molecule has 1 aliphatic carbocycles. The monoisotopic (exact) mass is 365 g/mol. The number of hydrogen-bond donors (Lipinski definition) is 1. The van der Waals surface area contributed by atoms with Gasteiger partial charge in [-0.3, -0.25) is 4.79 Å². The molecule has 0 aromatic heterocycles. The van der Waals surface area contributed by atoms with Gasteiger partial charge < -0.3 is 19.9 Å². The van der Waals surface area contributed by atoms with Gasteiger partial charge in [-0.25, -0.2) is 4.39 Å². The molecule has 0 spiro atoms. The number of carbonyl (C=O) groups is 1. The average Bonchev–Trinajstić information content (AvgIpc) is 3.13. The molecule has 2 N–H and O–H groups in total. The molecule has 4 atom stereocenters. The fourth-order valence-electron chi connectivity index (χ4n) is 3.80. The van der Waals surface area contributed by atoms with E-state index >= 15 is 0 Å². The molecule has 1 heterocycles. The lowest BCUT2D eigenvalue weighted by Gasteiger charge is -2.33. The molecule has 6 heteroatoms. The van der Waals surface area contributed by atoms with Gasteiger partial charge in [-0.05, 0) is 43.9 Å². The summed E-state index contributed by atoms with van der Waals surface area (Å²) in [6.07, 6.45) is 4.53. The van der Waals surface area contributed by atoms with Gasteiger partial charge in [0.05, 0.1) is 25.4 Å². The summed E-state index contributed by atoms with van der Waals surface area (Å²) < 4.78 is 30.9. The SMILES string of the molecule is C[C@@H]1OC(=O)[C@@H](N)COC[C@H](Cc2ccc(F)cc2)[C@H]1OC1CCCC1. The number of ether oxygens (including phenoxy) is 3. The molecule has 5 nitrogen and oxygen atoms in total. The maximum absolute atomic E-state index is 13.2. The summed E-state index contributed by atoms with van der Waals surface area (Å²) in [5.41, 5.74) is 6.82. The zero-order valence-corrected chi connectivity index (χ0v) is 15.2. The summed E-state index contributed by atoms with van der Waals surface area (Å²) in [5.74, 6) is -0.722. The number of benzene rings is 1. The second kappa shape index (κ2) is 8.93. The first-order valence-corrected chi connectivity index (χ1v) is 9.46. The molecule has 0 unspecified atom stereocenters. The maximum Gasteiger partial charge on any atom is 0.325 e. The summed E-state index contributed by atoms with van der Waals surface area (Å²) >= 11 is 0. The van der Waals surface area contributed by atoms with Crippen LogP contribution in [0.5, 0.6) is 0 Å². The molecular weight excluding hydrogens is 337 g/mol. The summed E-state index contributed by atoms with van der Waals surface area (Å²) in [7, 11) is 0. The third-order valence-corrected chi connectivity index (χ3v) is 5.22. The van der Waals surface area contributed by atoms with Crippen molar-refractivity contribution in [2.24, 2.45) is 11.7 Å². The van der Waals surface area contributed by atoms with E-state index in [0.29, 0.717) is 13.0 Å². The van der Waals surface area contributed by atoms with Gasteiger partial charge in [-0.15, -0.1) is 0 Å². The van der Waals surface area contributed by atoms with Crippen molar-refractivity contribution in [1.82, 2.24) is 0 Å². The van der Waals surface area contributed by atoms with Crippen molar-refractivity contribution >= 4 is 5.97 Å². The van der Waals surface area contributed by atoms with Gasteiger partial charge >= 0.3 is 5.97 Å². The molecule has 26 heavy (non-hydrogen) atoms. The predicted molar refractivity (Wildman–Crippen MR) is 95.1 cm³/mol. The molecule has 144 valence electrons. The standard InChI is InChI=1S/C20H28FNO4/c1-13-19(26-17-4-2-3-5-17)15(10-14-6-8-16(21)9-7-14)11-24-12-18(22)20(23)25-13/h6-9,13,15,17-19H,2-5,10-12,22H2,1H3/t13-,15-,18-,19-/m0/s1. The van der Waals surface area contributed by atoms with E-state index in [0.717, 1.165) is 31.2 Å². The molecule has 0 radical (unpaired) electrons. The predicted octanol–water partition coefficient (Wildman–Crippen LogP) is 2.60. The number of esters is 1. The fraction of sp³-hybridized carbons (Fsp3) is 0.650. The summed E-state index contributed by atoms with van der Waals surface area (Å²) in [4.78, 5) is 12.1. The van der Waals surface area contributed by atoms with Gasteiger partial charge in [0.25, 0.3) is 0 Å². The number of nitrogens with two attached hydrogens (primary N) is 1. The largest absolute Gasteiger partial charge is 0.459 e. The smallest absolute Gasteiger partial charge is 0.325 e. The van der Waals surface area contributed by atoms with Gasteiger partial charge in [0.1, 0.15) is 18.0 Å². The second-order valence-electron chi connectivity index (χ2n) is 7.38. The van der Waals surface area contributed by atoms with Crippen LogP contribution in [0.4, 0.5) is 4.39 Å². The number of cyclic esters (lactones) is 1. The maximum atomic E-state index is 13.2. The number of rotatable bonds is 4. The van der Waals surface area contributed by atoms with Crippen LogP contribution in [0, 0.1) is 11.7 Å². The summed E-state index contributed by atoms with van der Waals surface area (Å²) in [5, 5.41) is 0. The lowest BCUT2D eigenvalue weighted by molar-refractivity contribution is -0.163. The number of hydrogen-bond acceptors (Lipinski definition) is 5. The zero-order chi connectivity index (χ0) is 18.5. The van der Waals surface area contributed by atoms with Crippen molar-refractivity contribution in [3.05, 3.63) is 35.6 Å². The Morgan fingerprint density at radius 1 is 1.19 bits per heavy atom. The van der Waals surface area contributed by atoms with Crippen LogP contribution in [0.25, 0.3) is 0 Å². The van der Waals surface area contributed by atoms with Crippen molar-refractivity contribution in [2.75, 3.05) is 13.2 Å². The number of halogens is 1. The minimum absolute atomic E-state index is 0.00541. The highest BCUT2D eigenvalue weighted by atomic mass is 19.1. The van der Waals surface area contributed by atoms with Crippen molar-refractivity contribution < 1.29 is 23.4 Å². The van der Waals surface area contributed by atoms with E-state index in [2.05, 4.69) is 0 Å². The van der Waals surface area contributed by atoms with Gasteiger partial charge in [-0.2, -0.15) is 0 Å². The molecule has 3 rings (SSSR count). The van der Waals surface area contributed by atoms with E-state index in [1.165, 1.54) is 12.1 Å². The highest BCUT2D eigenvalue weighted by molar-refractivity contribution is 5.75. The first-order chi connectivity index (χ1) is 12.5. The minimum atomic E-state index is -0.783. The molecule has 1 aromatic carbocycles. The highest BCUT2D eigenvalue weighted by Crippen LogP contribution is 2.29. The molecule has 1 aromatic rings. The first kappa shape index (κ1) is 19.3. The van der Waals surface area contributed by atoms with Crippen molar-refractivity contribution in [2.45, 2.75) is 63.4 Å². The number of carbonyl (C=O) groups excluding carboxylic acids is 1. The molecule has 1 aliphatic heterocycles. The van der Waals surface area contributed by atoms with Crippen molar-refractivity contribution in [3.8, 4) is 0 Å². The normalized spacial score (nSPS) is 31.1. The van der Waals surface area contributed by atoms with Gasteiger partial charge in [0.15, 0.2) is 0 Å². The van der Waals surface area contributed by atoms with Gasteiger partial charge in [-0.1, -0.05) is 25.0 Å². The van der Waals surface area contributed by atoms with Crippen LogP contribution in [-0.4, -0.2) is 43.5 Å². The van der Waals surface area contributed by atoms with Crippen LogP contribution in [0.2, 0.25) is 0 Å². The second-order valence-corrected chi connectivity index (χ2v) is 7.38. The highest BCUT2D eigenvalue weighted by Gasteiger charge is 2.36. The quantitative estimate of drug-likeness (QED) is 0.831. The lowest BCUT2D eigenvalue weighted by Crippen LogP contribution is -2.43. The van der Waals surface area contributed by atoms with Crippen LogP contribution in [0.3, 0.4) is 0 Å². The molecule has 0 amide bonds. The Kier molecular flexibility index (Phi) is 6.62. The molecule has 2 aliphatic rings. The van der Waals surface area contributed by atoms with Crippen molar-refractivity contribution in [1.29, 1.82) is 0 Å². The van der Waals surface area contributed by atoms with E-state index in [-0.39, 0.29) is 30.5 Å². The van der Waals surface area contributed by atoms with E-state index in [1.807, 2.05) is 6.92 Å². The Morgan fingerprint density at radius 3 is 2.58 bits per heavy atom. The fourth-order valence-corrected chi connectivity index (χ4v) is 3.80. The summed E-state index contributed by atoms with van der Waals surface area (Å²) in [6, 6.07) is 5.68. The zero-order valence-electron chi connectivity index (χ0n) is 15.2. The van der Waals surface area contributed by atoms with E-state index in [1.54, 1.807) is 12.1 Å². The Labute approximate surface area is 154 Å². The van der Waals surface area contributed by atoms with E-state index < -0.39 is 18.1 Å². The Bertz CT molecular complexity index is 588. The van der Waals surface area contributed by atoms with Gasteiger partial charge in [0.2, 0.25) is 0 Å². The minimum Gasteiger partial charge on any atom is -0.459 e. The van der Waals surface area contributed by atoms with Crippen LogP contribution in [-0.2, 0) is 25.4 Å². The third kappa shape index (κ3) is 5.02. The average molecular weight is 365 g/mol. The molecule has 2 fully saturated rings. The van der Waals surface area contributed by atoms with Gasteiger partial charge in [0, 0.05) is 5.92 Å². The molecule has 1 saturated heterocycles. The lowest BCUT2D eigenvalue weighted by atomic mass is 9.91. The van der Waals surface area contributed by atoms with E-state index in [4.69, 9.17) is 19.9 Å². The van der Waals surface area contributed by atoms with Crippen molar-refractivity contribution in [3.63, 3.8) is 0 Å². The van der Waals surface area contributed by atoms with Crippen LogP contribution in [0.15, 0.2) is 24.3 Å². The Balaban J connectivity index is 1.79. The Hall–Kier alpha value is -1.50. The third-order valence-electron chi connectivity index (χ3n) is 5.22. The van der Waals surface area contributed by atoms with E-state index in [9.17, 15) is 9.18 Å². The topological polar surface area (TPSA) is 70.8 Å². The first-order valence-electron chi connectivity index (χ1n) is 9.46. The molecule has 1 saturated carbocycles. The molecule has 0 bridgehead atoms. The van der Waals surface area contributed by atoms with Crippen LogP contribution >= 0.6 is 0 Å². The molecular formula is C20H28FNO4. The van der Waals surface area contributed by atoms with Crippen LogP contribution < -0.4 is 5.73 Å². The van der Waals surface area contributed by atoms with Crippen LogP contribution in [0.1, 0.15) is 38.2 Å².